The molecule has 22 heavy (non-hydrogen) atoms. The molecule has 0 bridgehead atoms. The SMILES string of the molecule is CCOc1ccccc1NC(=O)C(=O)Nc1ccc(O)cc1. The van der Waals surface area contributed by atoms with Crippen LogP contribution < -0.4 is 15.4 Å². The second-order valence-corrected chi connectivity index (χ2v) is 4.38. The Morgan fingerprint density at radius 3 is 2.32 bits per heavy atom. The van der Waals surface area contributed by atoms with Crippen LogP contribution in [0.3, 0.4) is 0 Å². The number of amides is 2. The Labute approximate surface area is 127 Å². The molecule has 2 aromatic rings. The van der Waals surface area contributed by atoms with Crippen molar-refractivity contribution in [3.05, 3.63) is 48.5 Å². The van der Waals surface area contributed by atoms with Gasteiger partial charge in [0.15, 0.2) is 0 Å². The third-order valence-electron chi connectivity index (χ3n) is 2.77. The first-order chi connectivity index (χ1) is 10.6. The first kappa shape index (κ1) is 15.4. The average molecular weight is 300 g/mol. The quantitative estimate of drug-likeness (QED) is 0.597. The Morgan fingerprint density at radius 2 is 1.64 bits per heavy atom. The van der Waals surface area contributed by atoms with Gasteiger partial charge in [-0.25, -0.2) is 0 Å². The number of carbonyl (C=O) groups is 2. The number of phenolic OH excluding ortho intramolecular Hbond substituents is 1. The monoisotopic (exact) mass is 300 g/mol. The van der Waals surface area contributed by atoms with E-state index in [0.29, 0.717) is 23.7 Å². The van der Waals surface area contributed by atoms with Crippen LogP contribution in [0, 0.1) is 0 Å². The summed E-state index contributed by atoms with van der Waals surface area (Å²) in [6.45, 7) is 2.28. The fourth-order valence-electron chi connectivity index (χ4n) is 1.76. The van der Waals surface area contributed by atoms with Gasteiger partial charge in [-0.1, -0.05) is 12.1 Å². The van der Waals surface area contributed by atoms with Gasteiger partial charge in [0, 0.05) is 5.69 Å². The van der Waals surface area contributed by atoms with Gasteiger partial charge < -0.3 is 20.5 Å². The van der Waals surface area contributed by atoms with Crippen molar-refractivity contribution >= 4 is 23.2 Å². The van der Waals surface area contributed by atoms with Gasteiger partial charge in [0.1, 0.15) is 11.5 Å². The van der Waals surface area contributed by atoms with Crippen molar-refractivity contribution in [2.75, 3.05) is 17.2 Å². The lowest BCUT2D eigenvalue weighted by atomic mass is 10.3. The van der Waals surface area contributed by atoms with Gasteiger partial charge in [-0.15, -0.1) is 0 Å². The molecule has 6 nitrogen and oxygen atoms in total. The Hall–Kier alpha value is -3.02. The maximum absolute atomic E-state index is 11.9. The lowest BCUT2D eigenvalue weighted by molar-refractivity contribution is -0.133. The van der Waals surface area contributed by atoms with Gasteiger partial charge >= 0.3 is 11.8 Å². The van der Waals surface area contributed by atoms with Gasteiger partial charge in [-0.05, 0) is 43.3 Å². The number of rotatable bonds is 4. The van der Waals surface area contributed by atoms with Crippen molar-refractivity contribution in [2.24, 2.45) is 0 Å². The Bertz CT molecular complexity index is 668. The van der Waals surface area contributed by atoms with Gasteiger partial charge in [-0.3, -0.25) is 9.59 Å². The van der Waals surface area contributed by atoms with E-state index in [-0.39, 0.29) is 5.75 Å². The topological polar surface area (TPSA) is 87.7 Å². The third kappa shape index (κ3) is 3.99. The minimum atomic E-state index is -0.808. The standard InChI is InChI=1S/C16H16N2O4/c1-2-22-14-6-4-3-5-13(14)18-16(21)15(20)17-11-7-9-12(19)10-8-11/h3-10,19H,2H2,1H3,(H,17,20)(H,18,21). The van der Waals surface area contributed by atoms with Crippen molar-refractivity contribution in [3.8, 4) is 11.5 Å². The Kier molecular flexibility index (Phi) is 4.98. The van der Waals surface area contributed by atoms with E-state index >= 15 is 0 Å². The summed E-state index contributed by atoms with van der Waals surface area (Å²) in [5, 5.41) is 14.1. The van der Waals surface area contributed by atoms with E-state index in [2.05, 4.69) is 10.6 Å². The first-order valence-electron chi connectivity index (χ1n) is 6.73. The molecule has 0 heterocycles. The van der Waals surface area contributed by atoms with Crippen molar-refractivity contribution in [1.29, 1.82) is 0 Å². The summed E-state index contributed by atoms with van der Waals surface area (Å²) in [4.78, 5) is 23.8. The maximum Gasteiger partial charge on any atom is 0.314 e. The molecular formula is C16H16N2O4. The van der Waals surface area contributed by atoms with E-state index in [4.69, 9.17) is 9.84 Å². The fraction of sp³-hybridized carbons (Fsp3) is 0.125. The lowest BCUT2D eigenvalue weighted by Crippen LogP contribution is -2.29. The summed E-state index contributed by atoms with van der Waals surface area (Å²) >= 11 is 0. The van der Waals surface area contributed by atoms with Crippen LogP contribution in [0.4, 0.5) is 11.4 Å². The predicted molar refractivity (Wildman–Crippen MR) is 83.0 cm³/mol. The highest BCUT2D eigenvalue weighted by Crippen LogP contribution is 2.23. The van der Waals surface area contributed by atoms with Crippen molar-refractivity contribution in [2.45, 2.75) is 6.92 Å². The van der Waals surface area contributed by atoms with Gasteiger partial charge in [0.05, 0.1) is 12.3 Å². The highest BCUT2D eigenvalue weighted by Gasteiger charge is 2.15. The summed E-state index contributed by atoms with van der Waals surface area (Å²) in [5.74, 6) is -1.04. The molecule has 0 fully saturated rings. The zero-order chi connectivity index (χ0) is 15.9. The molecule has 3 N–H and O–H groups in total. The van der Waals surface area contributed by atoms with E-state index in [9.17, 15) is 9.59 Å². The second-order valence-electron chi connectivity index (χ2n) is 4.38. The number of ether oxygens (including phenoxy) is 1. The number of carbonyl (C=O) groups excluding carboxylic acids is 2. The summed E-state index contributed by atoms with van der Waals surface area (Å²) in [5.41, 5.74) is 0.839. The number of hydrogen-bond donors (Lipinski definition) is 3. The zero-order valence-corrected chi connectivity index (χ0v) is 12.0. The zero-order valence-electron chi connectivity index (χ0n) is 12.0. The minimum Gasteiger partial charge on any atom is -0.508 e. The molecule has 0 aromatic heterocycles. The molecule has 6 heteroatoms. The number of hydrogen-bond acceptors (Lipinski definition) is 4. The van der Waals surface area contributed by atoms with Gasteiger partial charge in [0.25, 0.3) is 0 Å². The van der Waals surface area contributed by atoms with Crippen LogP contribution in [0.1, 0.15) is 6.92 Å². The molecule has 2 aromatic carbocycles. The number of nitrogens with one attached hydrogen (secondary N) is 2. The van der Waals surface area contributed by atoms with E-state index in [1.165, 1.54) is 24.3 Å². The van der Waals surface area contributed by atoms with E-state index in [1.54, 1.807) is 24.3 Å². The highest BCUT2D eigenvalue weighted by molar-refractivity contribution is 6.43. The van der Waals surface area contributed by atoms with E-state index in [0.717, 1.165) is 0 Å². The summed E-state index contributed by atoms with van der Waals surface area (Å²) < 4.78 is 5.37. The molecule has 0 aliphatic carbocycles. The van der Waals surface area contributed by atoms with Crippen LogP contribution in [-0.4, -0.2) is 23.5 Å². The number of para-hydroxylation sites is 2. The van der Waals surface area contributed by atoms with Gasteiger partial charge in [-0.2, -0.15) is 0 Å². The van der Waals surface area contributed by atoms with Crippen LogP contribution in [0.2, 0.25) is 0 Å². The smallest absolute Gasteiger partial charge is 0.314 e. The largest absolute Gasteiger partial charge is 0.508 e. The van der Waals surface area contributed by atoms with Crippen LogP contribution in [-0.2, 0) is 9.59 Å². The van der Waals surface area contributed by atoms with Crippen LogP contribution in [0.5, 0.6) is 11.5 Å². The lowest BCUT2D eigenvalue weighted by Gasteiger charge is -2.11. The fourth-order valence-corrected chi connectivity index (χ4v) is 1.76. The van der Waals surface area contributed by atoms with E-state index < -0.39 is 11.8 Å². The second kappa shape index (κ2) is 7.12. The van der Waals surface area contributed by atoms with Crippen molar-refractivity contribution in [3.63, 3.8) is 0 Å². The molecule has 2 amide bonds. The maximum atomic E-state index is 11.9. The van der Waals surface area contributed by atoms with Crippen LogP contribution in [0.15, 0.2) is 48.5 Å². The number of aromatic hydroxyl groups is 1. The molecule has 0 spiro atoms. The Morgan fingerprint density at radius 1 is 1.00 bits per heavy atom. The minimum absolute atomic E-state index is 0.0769. The predicted octanol–water partition coefficient (Wildman–Crippen LogP) is 2.37. The molecule has 2 rings (SSSR count). The molecule has 0 radical (unpaired) electrons. The van der Waals surface area contributed by atoms with Gasteiger partial charge in [0.2, 0.25) is 0 Å². The average Bonchev–Trinajstić information content (AvgIpc) is 2.51. The van der Waals surface area contributed by atoms with Crippen molar-refractivity contribution < 1.29 is 19.4 Å². The molecule has 0 aliphatic heterocycles. The molecular weight excluding hydrogens is 284 g/mol. The molecule has 0 saturated carbocycles. The summed E-state index contributed by atoms with van der Waals surface area (Å²) in [6, 6.07) is 12.7. The summed E-state index contributed by atoms with van der Waals surface area (Å²) in [6.07, 6.45) is 0. The normalized spacial score (nSPS) is 9.86. The first-order valence-corrected chi connectivity index (χ1v) is 6.73. The molecule has 0 atom stereocenters. The number of anilines is 2. The molecule has 0 unspecified atom stereocenters. The van der Waals surface area contributed by atoms with Crippen LogP contribution in [0.25, 0.3) is 0 Å². The molecule has 0 aliphatic rings. The third-order valence-corrected chi connectivity index (χ3v) is 2.77. The van der Waals surface area contributed by atoms with Crippen molar-refractivity contribution in [1.82, 2.24) is 0 Å². The molecule has 0 saturated heterocycles. The summed E-state index contributed by atoms with van der Waals surface area (Å²) in [7, 11) is 0. The Balaban J connectivity index is 2.02. The van der Waals surface area contributed by atoms with E-state index in [1.807, 2.05) is 6.92 Å². The highest BCUT2D eigenvalue weighted by atomic mass is 16.5. The number of phenols is 1. The van der Waals surface area contributed by atoms with Crippen LogP contribution >= 0.6 is 0 Å². The molecule has 114 valence electrons. The number of benzene rings is 2.